The van der Waals surface area contributed by atoms with E-state index in [1.165, 1.54) is 12.1 Å². The van der Waals surface area contributed by atoms with E-state index in [0.29, 0.717) is 30.1 Å². The number of methoxy groups -OCH3 is 1. The van der Waals surface area contributed by atoms with Crippen molar-refractivity contribution < 1.29 is 24.2 Å². The van der Waals surface area contributed by atoms with Gasteiger partial charge in [0.1, 0.15) is 24.9 Å². The van der Waals surface area contributed by atoms with Gasteiger partial charge in [0.25, 0.3) is 5.91 Å². The van der Waals surface area contributed by atoms with Crippen molar-refractivity contribution in [3.05, 3.63) is 59.2 Å². The number of thiol groups is 1. The Balaban J connectivity index is 0.00000301. The second-order valence-corrected chi connectivity index (χ2v) is 10.3. The number of benzene rings is 2. The molecule has 226 valence electrons. The minimum Gasteiger partial charge on any atom is -0.490 e. The van der Waals surface area contributed by atoms with Crippen LogP contribution in [0.2, 0.25) is 0 Å². The number of nitrogens with one attached hydrogen (secondary N) is 2. The summed E-state index contributed by atoms with van der Waals surface area (Å²) in [6.45, 7) is 7.62. The number of hydrogen-bond acceptors (Lipinski definition) is 11. The minimum absolute atomic E-state index is 0.00309. The third-order valence-corrected chi connectivity index (χ3v) is 7.14. The molecule has 0 aromatic heterocycles. The number of amides is 1. The Labute approximate surface area is 257 Å². The van der Waals surface area contributed by atoms with Gasteiger partial charge < -0.3 is 24.8 Å². The standard InChI is InChI=1S/C29H35N5O5S.H3NS/c1-21(2)27(29(36)37)32-40-34-16-14-33(15-17-34)24-9-6-22(7-10-24)4-5-23-8-11-26(39-19-18-38-3)25(20-23)28(35)31-13-12-30;1-2/h6-11,20-21,27,32H,13-19H2,1-3H3,(H,31,35)(H,36,37);2H,1H2. The number of rotatable bonds is 12. The summed E-state index contributed by atoms with van der Waals surface area (Å²) in [5.41, 5.74) is 2.90. The van der Waals surface area contributed by atoms with Crippen LogP contribution in [0.1, 0.15) is 35.3 Å². The van der Waals surface area contributed by atoms with Crippen LogP contribution in [0, 0.1) is 29.1 Å². The number of hydrogen-bond donors (Lipinski definition) is 5. The number of nitrogens with zero attached hydrogens (tertiary/aromatic N) is 3. The average Bonchev–Trinajstić information content (AvgIpc) is 3.00. The summed E-state index contributed by atoms with van der Waals surface area (Å²) in [4.78, 5) is 26.2. The summed E-state index contributed by atoms with van der Waals surface area (Å²) < 4.78 is 15.9. The predicted molar refractivity (Wildman–Crippen MR) is 168 cm³/mol. The van der Waals surface area contributed by atoms with E-state index < -0.39 is 17.9 Å². The molecule has 1 heterocycles. The van der Waals surface area contributed by atoms with Gasteiger partial charge in [-0.1, -0.05) is 25.7 Å². The van der Waals surface area contributed by atoms with Crippen molar-refractivity contribution in [3.63, 3.8) is 0 Å². The van der Waals surface area contributed by atoms with Gasteiger partial charge >= 0.3 is 5.97 Å². The lowest BCUT2D eigenvalue weighted by Crippen LogP contribution is -2.46. The van der Waals surface area contributed by atoms with Crippen LogP contribution >= 0.6 is 24.9 Å². The smallest absolute Gasteiger partial charge is 0.321 e. The van der Waals surface area contributed by atoms with E-state index in [-0.39, 0.29) is 12.5 Å². The molecule has 0 bridgehead atoms. The number of carbonyl (C=O) groups is 2. The molecule has 1 aliphatic rings. The molecule has 11 nitrogen and oxygen atoms in total. The third kappa shape index (κ3) is 11.1. The summed E-state index contributed by atoms with van der Waals surface area (Å²) in [5.74, 6) is 5.41. The second-order valence-electron chi connectivity index (χ2n) is 9.37. The Morgan fingerprint density at radius 2 is 1.71 bits per heavy atom. The molecule has 3 rings (SSSR count). The van der Waals surface area contributed by atoms with E-state index in [9.17, 15) is 14.7 Å². The van der Waals surface area contributed by atoms with Crippen LogP contribution in [0.15, 0.2) is 42.5 Å². The Hall–Kier alpha value is -3.43. The van der Waals surface area contributed by atoms with Crippen LogP contribution in [0.4, 0.5) is 5.69 Å². The number of ether oxygens (including phenoxy) is 2. The molecule has 1 unspecified atom stereocenters. The lowest BCUT2D eigenvalue weighted by atomic mass is 10.1. The molecular weight excluding hydrogens is 576 g/mol. The molecule has 0 spiro atoms. The summed E-state index contributed by atoms with van der Waals surface area (Å²) in [5, 5.41) is 24.9. The summed E-state index contributed by atoms with van der Waals surface area (Å²) in [6, 6.07) is 14.5. The average molecular weight is 615 g/mol. The Kier molecular flexibility index (Phi) is 15.6. The maximum Gasteiger partial charge on any atom is 0.321 e. The molecule has 0 saturated carbocycles. The van der Waals surface area contributed by atoms with Crippen LogP contribution in [-0.4, -0.2) is 80.4 Å². The van der Waals surface area contributed by atoms with Gasteiger partial charge in [0, 0.05) is 62.2 Å². The fraction of sp³-hybridized carbons (Fsp3) is 0.414. The topological polar surface area (TPSA) is 153 Å². The van der Waals surface area contributed by atoms with Crippen LogP contribution in [-0.2, 0) is 9.53 Å². The first kappa shape index (κ1) is 34.8. The first-order valence-electron chi connectivity index (χ1n) is 13.3. The molecule has 1 saturated heterocycles. The highest BCUT2D eigenvalue weighted by Gasteiger charge is 2.24. The second kappa shape index (κ2) is 18.9. The number of carbonyl (C=O) groups excluding carboxylic acids is 1. The number of nitrogens with two attached hydrogens (primary N) is 1. The molecule has 0 radical (unpaired) electrons. The van der Waals surface area contributed by atoms with Gasteiger partial charge in [-0.05, 0) is 48.4 Å². The van der Waals surface area contributed by atoms with Crippen LogP contribution in [0.5, 0.6) is 5.75 Å². The fourth-order valence-electron chi connectivity index (χ4n) is 3.90. The number of carboxylic acids is 1. The fourth-order valence-corrected chi connectivity index (χ4v) is 4.88. The quantitative estimate of drug-likeness (QED) is 0.0788. The van der Waals surface area contributed by atoms with E-state index in [1.54, 1.807) is 25.3 Å². The van der Waals surface area contributed by atoms with E-state index in [0.717, 1.165) is 37.4 Å². The van der Waals surface area contributed by atoms with Gasteiger partial charge in [-0.2, -0.15) is 5.26 Å². The van der Waals surface area contributed by atoms with Crippen LogP contribution < -0.4 is 24.8 Å². The highest BCUT2D eigenvalue weighted by Crippen LogP contribution is 2.22. The maximum atomic E-state index is 12.6. The molecule has 42 heavy (non-hydrogen) atoms. The lowest BCUT2D eigenvalue weighted by Gasteiger charge is -2.35. The van der Waals surface area contributed by atoms with Gasteiger partial charge in [-0.15, -0.1) is 12.8 Å². The van der Waals surface area contributed by atoms with E-state index in [4.69, 9.17) is 14.7 Å². The molecule has 5 N–H and O–H groups in total. The highest BCUT2D eigenvalue weighted by atomic mass is 32.2. The van der Waals surface area contributed by atoms with Gasteiger partial charge in [0.05, 0.1) is 18.2 Å². The van der Waals surface area contributed by atoms with E-state index >= 15 is 0 Å². The van der Waals surface area contributed by atoms with Gasteiger partial charge in [0.2, 0.25) is 0 Å². The number of anilines is 1. The minimum atomic E-state index is -0.838. The summed E-state index contributed by atoms with van der Waals surface area (Å²) in [7, 11) is 1.57. The molecule has 1 fully saturated rings. The van der Waals surface area contributed by atoms with E-state index in [1.807, 2.05) is 44.2 Å². The number of aliphatic carboxylic acids is 1. The number of nitriles is 1. The zero-order chi connectivity index (χ0) is 30.9. The zero-order valence-corrected chi connectivity index (χ0v) is 25.7. The SMILES string of the molecule is COCCOc1ccc(C#Cc2ccc(N3CCN(SNC(C(=O)O)C(C)C)CC3)cc2)cc1C(=O)NCC#N.NS. The van der Waals surface area contributed by atoms with Crippen molar-refractivity contribution in [2.75, 3.05) is 57.9 Å². The van der Waals surface area contributed by atoms with Crippen molar-refractivity contribution in [2.45, 2.75) is 19.9 Å². The van der Waals surface area contributed by atoms with Crippen LogP contribution in [0.25, 0.3) is 0 Å². The van der Waals surface area contributed by atoms with Gasteiger partial charge in [-0.3, -0.25) is 14.7 Å². The normalized spacial score (nSPS) is 13.6. The Morgan fingerprint density at radius 1 is 1.07 bits per heavy atom. The van der Waals surface area contributed by atoms with Crippen molar-refractivity contribution in [1.29, 1.82) is 5.26 Å². The third-order valence-electron chi connectivity index (χ3n) is 6.16. The molecule has 1 amide bonds. The zero-order valence-electron chi connectivity index (χ0n) is 24.0. The Morgan fingerprint density at radius 3 is 2.31 bits per heavy atom. The van der Waals surface area contributed by atoms with E-state index in [2.05, 4.69) is 49.0 Å². The molecule has 0 aliphatic carbocycles. The molecule has 2 aromatic carbocycles. The monoisotopic (exact) mass is 614 g/mol. The van der Waals surface area contributed by atoms with Gasteiger partial charge in [-0.25, -0.2) is 9.03 Å². The lowest BCUT2D eigenvalue weighted by molar-refractivity contribution is -0.139. The largest absolute Gasteiger partial charge is 0.490 e. The van der Waals surface area contributed by atoms with Crippen molar-refractivity contribution in [2.24, 2.45) is 11.1 Å². The first-order chi connectivity index (χ1) is 20.3. The highest BCUT2D eigenvalue weighted by molar-refractivity contribution is 7.95. The molecule has 1 atom stereocenters. The maximum absolute atomic E-state index is 12.6. The Bertz CT molecular complexity index is 1250. The predicted octanol–water partition coefficient (Wildman–Crippen LogP) is 2.54. The van der Waals surface area contributed by atoms with Crippen molar-refractivity contribution in [1.82, 2.24) is 14.3 Å². The molecular formula is C29H38N6O5S2. The first-order valence-corrected chi connectivity index (χ1v) is 14.6. The summed E-state index contributed by atoms with van der Waals surface area (Å²) in [6.07, 6.45) is 0. The van der Waals surface area contributed by atoms with Crippen molar-refractivity contribution in [3.8, 4) is 23.7 Å². The van der Waals surface area contributed by atoms with Gasteiger partial charge in [0.15, 0.2) is 0 Å². The molecule has 2 aromatic rings. The molecule has 13 heteroatoms. The number of piperazine rings is 1. The molecule has 1 aliphatic heterocycles. The van der Waals surface area contributed by atoms with Crippen molar-refractivity contribution >= 4 is 42.5 Å². The number of carboxylic acid groups (broad SMARTS) is 1. The van der Waals surface area contributed by atoms with Crippen LogP contribution in [0.3, 0.4) is 0 Å². The summed E-state index contributed by atoms with van der Waals surface area (Å²) >= 11 is 4.41.